The van der Waals surface area contributed by atoms with Gasteiger partial charge in [0.15, 0.2) is 0 Å². The molecule has 0 fully saturated rings. The van der Waals surface area contributed by atoms with Gasteiger partial charge >= 0.3 is 0 Å². The first-order chi connectivity index (χ1) is 28.3. The van der Waals surface area contributed by atoms with E-state index in [0.29, 0.717) is 0 Å². The van der Waals surface area contributed by atoms with Crippen LogP contribution in [0.1, 0.15) is 16.9 Å². The van der Waals surface area contributed by atoms with Crippen LogP contribution in [0.15, 0.2) is 200 Å². The lowest BCUT2D eigenvalue weighted by Crippen LogP contribution is -2.09. The van der Waals surface area contributed by atoms with Crippen LogP contribution < -0.4 is 4.90 Å². The van der Waals surface area contributed by atoms with Gasteiger partial charge in [-0.3, -0.25) is 0 Å². The highest BCUT2D eigenvalue weighted by Gasteiger charge is 2.19. The van der Waals surface area contributed by atoms with Crippen molar-refractivity contribution in [3.63, 3.8) is 0 Å². The fourth-order valence-electron chi connectivity index (χ4n) is 8.69. The fourth-order valence-corrected chi connectivity index (χ4v) is 9.87. The summed E-state index contributed by atoms with van der Waals surface area (Å²) in [6.07, 6.45) is 6.84. The SMILES string of the molecule is C1=Cc2c(sc3ccccc3n3c4ccccc4c4cc(-c5ccc(N(c6ccc(-c7ccccc7)cc6)c6ccc(-c7ccccc7)cc6)cc5)cc2c43)CC1. The summed E-state index contributed by atoms with van der Waals surface area (Å²) in [5.74, 6) is 0. The van der Waals surface area contributed by atoms with Gasteiger partial charge in [0.1, 0.15) is 0 Å². The number of nitrogens with zero attached hydrogens (tertiary/aromatic N) is 2. The Morgan fingerprint density at radius 3 is 1.53 bits per heavy atom. The zero-order chi connectivity index (χ0) is 37.7. The molecule has 0 aliphatic heterocycles. The van der Waals surface area contributed by atoms with Gasteiger partial charge in [0.25, 0.3) is 0 Å². The van der Waals surface area contributed by atoms with E-state index in [0.717, 1.165) is 29.9 Å². The van der Waals surface area contributed by atoms with Gasteiger partial charge < -0.3 is 9.30 Å². The first-order valence-corrected chi connectivity index (χ1v) is 20.5. The maximum Gasteiger partial charge on any atom is 0.0634 e. The smallest absolute Gasteiger partial charge is 0.0634 e. The monoisotopic (exact) mass is 746 g/mol. The highest BCUT2D eigenvalue weighted by atomic mass is 32.1. The van der Waals surface area contributed by atoms with E-state index < -0.39 is 0 Å². The highest BCUT2D eigenvalue weighted by molar-refractivity contribution is 7.18. The normalized spacial score (nSPS) is 12.4. The molecule has 0 amide bonds. The van der Waals surface area contributed by atoms with Crippen LogP contribution in [0.25, 0.3) is 76.9 Å². The molecule has 0 radical (unpaired) electrons. The highest BCUT2D eigenvalue weighted by Crippen LogP contribution is 2.43. The van der Waals surface area contributed by atoms with E-state index in [1.807, 2.05) is 11.3 Å². The average Bonchev–Trinajstić information content (AvgIpc) is 3.61. The maximum absolute atomic E-state index is 2.51. The molecule has 3 heteroatoms. The lowest BCUT2D eigenvalue weighted by molar-refractivity contribution is 1.01. The number of aromatic nitrogens is 1. The number of rotatable bonds is 6. The molecule has 0 saturated carbocycles. The fraction of sp³-hybridized carbons (Fsp3) is 0.0370. The molecule has 0 saturated heterocycles. The summed E-state index contributed by atoms with van der Waals surface area (Å²) in [7, 11) is 0. The zero-order valence-electron chi connectivity index (χ0n) is 31.3. The zero-order valence-corrected chi connectivity index (χ0v) is 32.2. The van der Waals surface area contributed by atoms with Crippen LogP contribution in [0.4, 0.5) is 17.1 Å². The minimum Gasteiger partial charge on any atom is -0.311 e. The molecule has 2 aromatic heterocycles. The Morgan fingerprint density at radius 2 is 0.912 bits per heavy atom. The molecule has 270 valence electrons. The molecule has 10 aromatic rings. The summed E-state index contributed by atoms with van der Waals surface area (Å²) >= 11 is 1.94. The number of hydrogen-bond acceptors (Lipinski definition) is 2. The number of benzene rings is 8. The predicted octanol–water partition coefficient (Wildman–Crippen LogP) is 15.5. The summed E-state index contributed by atoms with van der Waals surface area (Å²) in [6, 6.07) is 70.8. The maximum atomic E-state index is 2.51. The number of anilines is 3. The molecule has 1 aliphatic carbocycles. The minimum absolute atomic E-state index is 1.06. The Hall–Kier alpha value is -6.94. The van der Waals surface area contributed by atoms with E-state index in [1.165, 1.54) is 81.2 Å². The van der Waals surface area contributed by atoms with Crippen LogP contribution in [0.5, 0.6) is 0 Å². The van der Waals surface area contributed by atoms with Crippen molar-refractivity contribution < 1.29 is 0 Å². The number of para-hydroxylation sites is 2. The van der Waals surface area contributed by atoms with E-state index in [4.69, 9.17) is 0 Å². The Labute approximate surface area is 336 Å². The molecule has 2 nitrogen and oxygen atoms in total. The Morgan fingerprint density at radius 1 is 0.421 bits per heavy atom. The van der Waals surface area contributed by atoms with Crippen LogP contribution in [-0.4, -0.2) is 4.40 Å². The van der Waals surface area contributed by atoms with Gasteiger partial charge in [-0.15, -0.1) is 11.3 Å². The second-order valence-corrected chi connectivity index (χ2v) is 16.0. The lowest BCUT2D eigenvalue weighted by atomic mass is 9.95. The second-order valence-electron chi connectivity index (χ2n) is 14.8. The van der Waals surface area contributed by atoms with Gasteiger partial charge in [-0.05, 0) is 119 Å². The van der Waals surface area contributed by atoms with E-state index in [-0.39, 0.29) is 0 Å². The topological polar surface area (TPSA) is 7.65 Å². The van der Waals surface area contributed by atoms with Crippen LogP contribution in [0.3, 0.4) is 0 Å². The van der Waals surface area contributed by atoms with Crippen molar-refractivity contribution in [1.82, 2.24) is 4.40 Å². The van der Waals surface area contributed by atoms with Crippen molar-refractivity contribution in [3.8, 4) is 33.4 Å². The predicted molar refractivity (Wildman–Crippen MR) is 245 cm³/mol. The standard InChI is InChI=1S/C54H38N2S/c1-3-13-37(14-4-1)39-23-29-43(30-24-39)55(44-31-25-40(26-32-44)38-15-5-2-6-16-38)45-33-27-41(28-34-45)42-35-48-46-17-7-9-19-50(46)56-51-20-10-12-22-53(51)57-52-21-11-8-18-47(52)49(36-42)54(48)56/h1-10,12-20,22-36H,11,21H2. The summed E-state index contributed by atoms with van der Waals surface area (Å²) in [6.45, 7) is 0. The van der Waals surface area contributed by atoms with Gasteiger partial charge in [-0.2, -0.15) is 0 Å². The first-order valence-electron chi connectivity index (χ1n) is 19.7. The van der Waals surface area contributed by atoms with Gasteiger partial charge in [-0.25, -0.2) is 0 Å². The largest absolute Gasteiger partial charge is 0.311 e. The van der Waals surface area contributed by atoms with Crippen LogP contribution in [0.2, 0.25) is 0 Å². The first kappa shape index (κ1) is 33.4. The van der Waals surface area contributed by atoms with Crippen molar-refractivity contribution in [1.29, 1.82) is 0 Å². The lowest BCUT2D eigenvalue weighted by Gasteiger charge is -2.26. The van der Waals surface area contributed by atoms with Crippen LogP contribution in [-0.2, 0) is 6.42 Å². The Balaban J connectivity index is 1.07. The summed E-state index contributed by atoms with van der Waals surface area (Å²) in [5, 5.41) is 3.86. The van der Waals surface area contributed by atoms with Crippen molar-refractivity contribution in [2.45, 2.75) is 12.8 Å². The molecule has 11 rings (SSSR count). The van der Waals surface area contributed by atoms with E-state index in [9.17, 15) is 0 Å². The molecule has 0 spiro atoms. The number of allylic oxidation sites excluding steroid dienone is 1. The number of aryl methyl sites for hydroxylation is 1. The third kappa shape index (κ3) is 5.87. The molecule has 2 heterocycles. The molecule has 0 atom stereocenters. The van der Waals surface area contributed by atoms with Gasteiger partial charge in [0.05, 0.1) is 21.3 Å². The molecule has 0 unspecified atom stereocenters. The molecule has 57 heavy (non-hydrogen) atoms. The Bertz CT molecular complexity index is 3050. The number of fused-ring (bicyclic) bond motifs is 7. The third-order valence-electron chi connectivity index (χ3n) is 11.4. The van der Waals surface area contributed by atoms with Crippen LogP contribution >= 0.6 is 11.3 Å². The number of hydrogen-bond donors (Lipinski definition) is 0. The van der Waals surface area contributed by atoms with Gasteiger partial charge in [0.2, 0.25) is 0 Å². The molecule has 0 N–H and O–H groups in total. The third-order valence-corrected chi connectivity index (χ3v) is 12.7. The summed E-state index contributed by atoms with van der Waals surface area (Å²) < 4.78 is 3.81. The quantitative estimate of drug-likeness (QED) is 0.164. The molecule has 8 aromatic carbocycles. The molecular formula is C54H38N2S. The summed E-state index contributed by atoms with van der Waals surface area (Å²) in [5.41, 5.74) is 15.7. The minimum atomic E-state index is 1.06. The van der Waals surface area contributed by atoms with Crippen molar-refractivity contribution in [2.75, 3.05) is 4.90 Å². The van der Waals surface area contributed by atoms with Crippen molar-refractivity contribution in [3.05, 3.63) is 211 Å². The van der Waals surface area contributed by atoms with Crippen molar-refractivity contribution >= 4 is 71.9 Å². The van der Waals surface area contributed by atoms with Crippen molar-refractivity contribution in [2.24, 2.45) is 0 Å². The Kier molecular flexibility index (Phi) is 8.19. The van der Waals surface area contributed by atoms with Gasteiger partial charge in [0, 0.05) is 38.1 Å². The van der Waals surface area contributed by atoms with E-state index in [2.05, 4.69) is 216 Å². The second kappa shape index (κ2) is 14.0. The van der Waals surface area contributed by atoms with Crippen LogP contribution in [0, 0.1) is 0 Å². The molecular weight excluding hydrogens is 709 g/mol. The average molecular weight is 747 g/mol. The van der Waals surface area contributed by atoms with E-state index >= 15 is 0 Å². The van der Waals surface area contributed by atoms with E-state index in [1.54, 1.807) is 0 Å². The molecule has 0 bridgehead atoms. The molecule has 1 aliphatic rings. The summed E-state index contributed by atoms with van der Waals surface area (Å²) in [4.78, 5) is 3.81. The van der Waals surface area contributed by atoms with Gasteiger partial charge in [-0.1, -0.05) is 140 Å².